The van der Waals surface area contributed by atoms with E-state index < -0.39 is 10.8 Å². The predicted molar refractivity (Wildman–Crippen MR) is 117 cm³/mol. The standard InChI is InChI=1S/C18H12ClN7O3S2/c1-25-9-20-24-18(25)30-14-7-6-10(8-13(14)26(28)29)15(27)21-17-23-22-16(31-17)11-4-2-3-5-12(11)19/h2-9H,1H3,(H,21,23,27). The van der Waals surface area contributed by atoms with E-state index in [9.17, 15) is 14.9 Å². The SMILES string of the molecule is Cn1cnnc1Sc1ccc(C(=O)Nc2nnc(-c3ccccc3Cl)s2)cc1[N+](=O)[O-]. The molecule has 0 aliphatic carbocycles. The molecule has 4 rings (SSSR count). The van der Waals surface area contributed by atoms with Crippen LogP contribution < -0.4 is 5.32 Å². The van der Waals surface area contributed by atoms with Crippen LogP contribution in [0.25, 0.3) is 10.6 Å². The highest BCUT2D eigenvalue weighted by Gasteiger charge is 2.21. The highest BCUT2D eigenvalue weighted by atomic mass is 35.5. The number of benzene rings is 2. The zero-order valence-electron chi connectivity index (χ0n) is 15.7. The zero-order valence-corrected chi connectivity index (χ0v) is 18.1. The molecule has 2 heterocycles. The fourth-order valence-electron chi connectivity index (χ4n) is 2.54. The van der Waals surface area contributed by atoms with Gasteiger partial charge in [0.15, 0.2) is 10.2 Å². The normalized spacial score (nSPS) is 10.8. The Labute approximate surface area is 188 Å². The number of amides is 1. The molecule has 0 aliphatic heterocycles. The summed E-state index contributed by atoms with van der Waals surface area (Å²) >= 11 is 8.40. The summed E-state index contributed by atoms with van der Waals surface area (Å²) in [7, 11) is 1.73. The molecule has 1 amide bonds. The summed E-state index contributed by atoms with van der Waals surface area (Å²) in [5.41, 5.74) is 0.598. The first-order valence-corrected chi connectivity index (χ1v) is 10.6. The van der Waals surface area contributed by atoms with Crippen LogP contribution in [0.2, 0.25) is 5.02 Å². The summed E-state index contributed by atoms with van der Waals surface area (Å²) in [6.45, 7) is 0. The highest BCUT2D eigenvalue weighted by molar-refractivity contribution is 7.99. The lowest BCUT2D eigenvalue weighted by molar-refractivity contribution is -0.387. The molecule has 4 aromatic rings. The number of nitro groups is 1. The van der Waals surface area contributed by atoms with Crippen LogP contribution in [0.15, 0.2) is 58.8 Å². The second-order valence-corrected chi connectivity index (χ2v) is 8.51. The maximum Gasteiger partial charge on any atom is 0.284 e. The molecule has 0 radical (unpaired) electrons. The molecular formula is C18H12ClN7O3S2. The van der Waals surface area contributed by atoms with Gasteiger partial charge >= 0.3 is 0 Å². The lowest BCUT2D eigenvalue weighted by Crippen LogP contribution is -2.12. The number of aromatic nitrogens is 5. The van der Waals surface area contributed by atoms with Crippen molar-refractivity contribution >= 4 is 51.4 Å². The largest absolute Gasteiger partial charge is 0.311 e. The third-order valence-electron chi connectivity index (χ3n) is 4.04. The van der Waals surface area contributed by atoms with Gasteiger partial charge in [-0.2, -0.15) is 0 Å². The van der Waals surface area contributed by atoms with Gasteiger partial charge in [0, 0.05) is 24.2 Å². The lowest BCUT2D eigenvalue weighted by Gasteiger charge is -2.05. The van der Waals surface area contributed by atoms with Crippen LogP contribution in [-0.2, 0) is 7.05 Å². The van der Waals surface area contributed by atoms with Crippen molar-refractivity contribution in [1.82, 2.24) is 25.0 Å². The van der Waals surface area contributed by atoms with Crippen LogP contribution in [0.4, 0.5) is 10.8 Å². The molecule has 0 spiro atoms. The van der Waals surface area contributed by atoms with Gasteiger partial charge in [-0.1, -0.05) is 41.1 Å². The number of hydrogen-bond acceptors (Lipinski definition) is 9. The van der Waals surface area contributed by atoms with E-state index in [0.717, 1.165) is 23.1 Å². The average molecular weight is 474 g/mol. The van der Waals surface area contributed by atoms with Gasteiger partial charge in [0.2, 0.25) is 5.13 Å². The van der Waals surface area contributed by atoms with E-state index in [4.69, 9.17) is 11.6 Å². The predicted octanol–water partition coefficient (Wildman–Crippen LogP) is 4.30. The molecule has 0 saturated carbocycles. The van der Waals surface area contributed by atoms with E-state index in [-0.39, 0.29) is 16.4 Å². The molecule has 0 aliphatic rings. The monoisotopic (exact) mass is 473 g/mol. The van der Waals surface area contributed by atoms with Crippen molar-refractivity contribution in [3.8, 4) is 10.6 Å². The molecule has 0 fully saturated rings. The molecule has 13 heteroatoms. The molecule has 2 aromatic carbocycles. The summed E-state index contributed by atoms with van der Waals surface area (Å²) in [6, 6.07) is 11.4. The van der Waals surface area contributed by atoms with Crippen molar-refractivity contribution in [1.29, 1.82) is 0 Å². The van der Waals surface area contributed by atoms with Crippen LogP contribution in [0.3, 0.4) is 0 Å². The number of hydrogen-bond donors (Lipinski definition) is 1. The Balaban J connectivity index is 1.55. The maximum absolute atomic E-state index is 12.6. The first-order chi connectivity index (χ1) is 14.9. The lowest BCUT2D eigenvalue weighted by atomic mass is 10.2. The van der Waals surface area contributed by atoms with Crippen LogP contribution in [0.1, 0.15) is 10.4 Å². The number of nitrogens with zero attached hydrogens (tertiary/aromatic N) is 6. The van der Waals surface area contributed by atoms with Gasteiger partial charge in [0.05, 0.1) is 14.8 Å². The van der Waals surface area contributed by atoms with E-state index in [0.29, 0.717) is 25.6 Å². The van der Waals surface area contributed by atoms with Crippen molar-refractivity contribution in [3.63, 3.8) is 0 Å². The molecule has 156 valence electrons. The molecule has 0 saturated heterocycles. The van der Waals surface area contributed by atoms with Gasteiger partial charge in [-0.25, -0.2) is 0 Å². The Morgan fingerprint density at radius 2 is 2.03 bits per heavy atom. The van der Waals surface area contributed by atoms with Gasteiger partial charge in [0.25, 0.3) is 11.6 Å². The van der Waals surface area contributed by atoms with Crippen molar-refractivity contribution < 1.29 is 9.72 Å². The molecule has 0 bridgehead atoms. The van der Waals surface area contributed by atoms with Crippen LogP contribution in [-0.4, -0.2) is 35.8 Å². The van der Waals surface area contributed by atoms with Gasteiger partial charge in [0.1, 0.15) is 6.33 Å². The number of carbonyl (C=O) groups is 1. The third kappa shape index (κ3) is 4.55. The van der Waals surface area contributed by atoms with Crippen LogP contribution in [0, 0.1) is 10.1 Å². The smallest absolute Gasteiger partial charge is 0.284 e. The molecule has 0 unspecified atom stereocenters. The summed E-state index contributed by atoms with van der Waals surface area (Å²) < 4.78 is 1.64. The summed E-state index contributed by atoms with van der Waals surface area (Å²) in [4.78, 5) is 24.0. The molecule has 1 N–H and O–H groups in total. The van der Waals surface area contributed by atoms with Gasteiger partial charge in [-0.15, -0.1) is 20.4 Å². The Hall–Kier alpha value is -3.35. The van der Waals surface area contributed by atoms with Crippen molar-refractivity contribution in [2.75, 3.05) is 5.32 Å². The number of halogens is 1. The van der Waals surface area contributed by atoms with Crippen molar-refractivity contribution in [2.24, 2.45) is 7.05 Å². The fourth-order valence-corrected chi connectivity index (χ4v) is 4.45. The quantitative estimate of drug-likeness (QED) is 0.324. The van der Waals surface area contributed by atoms with E-state index in [1.165, 1.54) is 24.5 Å². The second-order valence-electron chi connectivity index (χ2n) is 6.11. The van der Waals surface area contributed by atoms with E-state index >= 15 is 0 Å². The molecule has 31 heavy (non-hydrogen) atoms. The van der Waals surface area contributed by atoms with Gasteiger partial charge in [-0.05, 0) is 30.0 Å². The number of carbonyl (C=O) groups excluding carboxylic acids is 1. The van der Waals surface area contributed by atoms with Crippen molar-refractivity contribution in [3.05, 3.63) is 69.5 Å². The fraction of sp³-hybridized carbons (Fsp3) is 0.0556. The number of rotatable bonds is 6. The van der Waals surface area contributed by atoms with E-state index in [1.54, 1.807) is 29.8 Å². The third-order valence-corrected chi connectivity index (χ3v) is 6.36. The van der Waals surface area contributed by atoms with Crippen LogP contribution in [0.5, 0.6) is 0 Å². The molecule has 2 aromatic heterocycles. The van der Waals surface area contributed by atoms with Crippen molar-refractivity contribution in [2.45, 2.75) is 10.1 Å². The van der Waals surface area contributed by atoms with E-state index in [1.807, 2.05) is 6.07 Å². The first kappa shape index (κ1) is 20.9. The van der Waals surface area contributed by atoms with Gasteiger partial charge in [-0.3, -0.25) is 20.2 Å². The van der Waals surface area contributed by atoms with Crippen LogP contribution >= 0.6 is 34.7 Å². The molecule has 0 atom stereocenters. The Bertz CT molecular complexity index is 1290. The summed E-state index contributed by atoms with van der Waals surface area (Å²) in [5, 5.41) is 31.6. The highest BCUT2D eigenvalue weighted by Crippen LogP contribution is 2.35. The number of nitro benzene ring substituents is 1. The topological polar surface area (TPSA) is 129 Å². The minimum atomic E-state index is -0.546. The zero-order chi connectivity index (χ0) is 22.0. The molecular weight excluding hydrogens is 462 g/mol. The first-order valence-electron chi connectivity index (χ1n) is 8.62. The summed E-state index contributed by atoms with van der Waals surface area (Å²) in [5.74, 6) is -0.542. The number of nitrogens with one attached hydrogen (secondary N) is 1. The number of aryl methyl sites for hydroxylation is 1. The minimum Gasteiger partial charge on any atom is -0.311 e. The summed E-state index contributed by atoms with van der Waals surface area (Å²) in [6.07, 6.45) is 1.49. The number of anilines is 1. The second kappa shape index (κ2) is 8.79. The minimum absolute atomic E-state index is 0.114. The van der Waals surface area contributed by atoms with Gasteiger partial charge < -0.3 is 4.57 Å². The Kier molecular flexibility index (Phi) is 5.93. The average Bonchev–Trinajstić information content (AvgIpc) is 3.37. The molecule has 10 nitrogen and oxygen atoms in total. The Morgan fingerprint density at radius 1 is 1.23 bits per heavy atom. The van der Waals surface area contributed by atoms with E-state index in [2.05, 4.69) is 25.7 Å². The maximum atomic E-state index is 12.6. The Morgan fingerprint density at radius 3 is 2.74 bits per heavy atom.